The van der Waals surface area contributed by atoms with Gasteiger partial charge in [-0.3, -0.25) is 4.79 Å². The molecular weight excluding hydrogens is 340 g/mol. The molecule has 0 radical (unpaired) electrons. The zero-order valence-electron chi connectivity index (χ0n) is 17.6. The topological polar surface area (TPSA) is 75.4 Å². The van der Waals surface area contributed by atoms with Crippen LogP contribution in [0.4, 0.5) is 0 Å². The number of phenolic OH excluding ortho intramolecular Hbond substituents is 1. The quantitative estimate of drug-likeness (QED) is 0.808. The number of nitrogens with zero attached hydrogens (tertiary/aromatic N) is 1. The summed E-state index contributed by atoms with van der Waals surface area (Å²) >= 11 is 0. The number of carbonyl (C=O) groups excluding carboxylic acids is 1. The lowest BCUT2D eigenvalue weighted by molar-refractivity contribution is -0.121. The van der Waals surface area contributed by atoms with Crippen molar-refractivity contribution in [2.24, 2.45) is 0 Å². The van der Waals surface area contributed by atoms with Gasteiger partial charge in [-0.25, -0.2) is 0 Å². The molecule has 2 rings (SSSR count). The molecule has 2 N–H and O–H groups in total. The molecule has 1 heterocycles. The first-order valence-electron chi connectivity index (χ1n) is 9.43. The Hall–Kier alpha value is -2.30. The first-order valence-corrected chi connectivity index (χ1v) is 9.43. The molecule has 0 saturated heterocycles. The summed E-state index contributed by atoms with van der Waals surface area (Å²) in [6, 6.07) is 5.86. The first-order chi connectivity index (χ1) is 12.4. The number of hydrogen-bond acceptors (Lipinski definition) is 4. The maximum absolute atomic E-state index is 12.2. The van der Waals surface area contributed by atoms with Crippen molar-refractivity contribution in [1.29, 1.82) is 0 Å². The van der Waals surface area contributed by atoms with E-state index in [0.29, 0.717) is 30.9 Å². The molecule has 0 bridgehead atoms. The van der Waals surface area contributed by atoms with Gasteiger partial charge in [-0.2, -0.15) is 0 Å². The van der Waals surface area contributed by atoms with Crippen LogP contribution in [0, 0.1) is 6.92 Å². The predicted molar refractivity (Wildman–Crippen MR) is 107 cm³/mol. The first kappa shape index (κ1) is 21.0. The molecule has 1 amide bonds. The van der Waals surface area contributed by atoms with Crippen LogP contribution in [0.5, 0.6) is 5.75 Å². The highest BCUT2D eigenvalue weighted by Crippen LogP contribution is 2.39. The molecular formula is C22H32N2O3. The monoisotopic (exact) mass is 372 g/mol. The highest BCUT2D eigenvalue weighted by Gasteiger charge is 2.26. The molecule has 27 heavy (non-hydrogen) atoms. The minimum absolute atomic E-state index is 0.0354. The Balaban J connectivity index is 2.12. The molecule has 5 heteroatoms. The summed E-state index contributed by atoms with van der Waals surface area (Å²) in [7, 11) is 0. The minimum atomic E-state index is -0.174. The van der Waals surface area contributed by atoms with Gasteiger partial charge >= 0.3 is 0 Å². The number of benzene rings is 1. The molecule has 0 aliphatic heterocycles. The van der Waals surface area contributed by atoms with Crippen LogP contribution < -0.4 is 5.32 Å². The van der Waals surface area contributed by atoms with Gasteiger partial charge in [0.15, 0.2) is 5.76 Å². The number of hydrogen-bond donors (Lipinski definition) is 2. The van der Waals surface area contributed by atoms with Crippen molar-refractivity contribution in [3.8, 4) is 5.75 Å². The van der Waals surface area contributed by atoms with E-state index in [4.69, 9.17) is 4.52 Å². The Labute approximate surface area is 162 Å². The number of aryl methyl sites for hydroxylation is 2. The summed E-state index contributed by atoms with van der Waals surface area (Å²) in [5, 5.41) is 17.5. The molecule has 0 aliphatic carbocycles. The molecule has 5 nitrogen and oxygen atoms in total. The maximum atomic E-state index is 12.2. The SMILES string of the molecule is Cc1cc(CNC(=O)CCc2cc(C(C)(C)C)c(O)c(C(C)(C)C)c2)on1. The van der Waals surface area contributed by atoms with Crippen molar-refractivity contribution < 1.29 is 14.4 Å². The number of nitrogens with one attached hydrogen (secondary N) is 1. The van der Waals surface area contributed by atoms with Crippen LogP contribution in [0.25, 0.3) is 0 Å². The van der Waals surface area contributed by atoms with Crippen LogP contribution in [-0.2, 0) is 28.6 Å². The van der Waals surface area contributed by atoms with Crippen molar-refractivity contribution in [3.63, 3.8) is 0 Å². The molecule has 2 aromatic rings. The molecule has 0 fully saturated rings. The fourth-order valence-electron chi connectivity index (χ4n) is 3.01. The Morgan fingerprint density at radius 1 is 1.07 bits per heavy atom. The average molecular weight is 373 g/mol. The highest BCUT2D eigenvalue weighted by atomic mass is 16.5. The zero-order chi connectivity index (χ0) is 20.4. The summed E-state index contributed by atoms with van der Waals surface area (Å²) in [6.07, 6.45) is 0.999. The van der Waals surface area contributed by atoms with E-state index in [-0.39, 0.29) is 16.7 Å². The zero-order valence-corrected chi connectivity index (χ0v) is 17.6. The van der Waals surface area contributed by atoms with E-state index < -0.39 is 0 Å². The van der Waals surface area contributed by atoms with E-state index in [1.807, 2.05) is 25.1 Å². The Kier molecular flexibility index (Phi) is 6.03. The van der Waals surface area contributed by atoms with E-state index >= 15 is 0 Å². The summed E-state index contributed by atoms with van der Waals surface area (Å²) in [6.45, 7) is 14.7. The number of rotatable bonds is 5. The largest absolute Gasteiger partial charge is 0.507 e. The predicted octanol–water partition coefficient (Wildman–Crippen LogP) is 4.53. The second-order valence-electron chi connectivity index (χ2n) is 9.25. The number of phenols is 1. The van der Waals surface area contributed by atoms with Gasteiger partial charge in [0, 0.05) is 12.5 Å². The maximum Gasteiger partial charge on any atom is 0.220 e. The smallest absolute Gasteiger partial charge is 0.220 e. The van der Waals surface area contributed by atoms with Crippen molar-refractivity contribution in [2.75, 3.05) is 0 Å². The Morgan fingerprint density at radius 3 is 2.07 bits per heavy atom. The second-order valence-corrected chi connectivity index (χ2v) is 9.25. The molecule has 0 aliphatic rings. The Bertz CT molecular complexity index is 773. The van der Waals surface area contributed by atoms with Gasteiger partial charge in [-0.05, 0) is 40.9 Å². The van der Waals surface area contributed by atoms with Gasteiger partial charge in [0.25, 0.3) is 0 Å². The van der Waals surface area contributed by atoms with Crippen LogP contribution in [0.2, 0.25) is 0 Å². The number of aromatic hydroxyl groups is 1. The fourth-order valence-corrected chi connectivity index (χ4v) is 3.01. The standard InChI is InChI=1S/C22H32N2O3/c1-14-10-16(27-24-14)13-23-19(25)9-8-15-11-17(21(2,3)4)20(26)18(12-15)22(5,6)7/h10-12,26H,8-9,13H2,1-7H3,(H,23,25). The van der Waals surface area contributed by atoms with Crippen molar-refractivity contribution in [2.45, 2.75) is 78.7 Å². The molecule has 1 aromatic carbocycles. The summed E-state index contributed by atoms with van der Waals surface area (Å²) < 4.78 is 5.10. The number of carbonyl (C=O) groups is 1. The van der Waals surface area contributed by atoms with E-state index in [2.05, 4.69) is 52.0 Å². The molecule has 0 unspecified atom stereocenters. The normalized spacial score (nSPS) is 12.3. The minimum Gasteiger partial charge on any atom is -0.507 e. The average Bonchev–Trinajstić information content (AvgIpc) is 2.95. The second kappa shape index (κ2) is 7.75. The van der Waals surface area contributed by atoms with Crippen LogP contribution in [0.1, 0.15) is 76.1 Å². The van der Waals surface area contributed by atoms with Gasteiger partial charge in [0.05, 0.1) is 12.2 Å². The van der Waals surface area contributed by atoms with Gasteiger partial charge < -0.3 is 14.9 Å². The Morgan fingerprint density at radius 2 is 1.63 bits per heavy atom. The molecule has 0 saturated carbocycles. The lowest BCUT2D eigenvalue weighted by Crippen LogP contribution is -2.23. The third-order valence-electron chi connectivity index (χ3n) is 4.56. The summed E-state index contributed by atoms with van der Waals surface area (Å²) in [5.74, 6) is 0.978. The number of amides is 1. The third kappa shape index (κ3) is 5.59. The molecule has 0 atom stereocenters. The van der Waals surface area contributed by atoms with E-state index in [1.165, 1.54) is 0 Å². The van der Waals surface area contributed by atoms with Crippen molar-refractivity contribution >= 4 is 5.91 Å². The van der Waals surface area contributed by atoms with Gasteiger partial charge in [-0.1, -0.05) is 58.8 Å². The van der Waals surface area contributed by atoms with Gasteiger partial charge in [-0.15, -0.1) is 0 Å². The van der Waals surface area contributed by atoms with Crippen LogP contribution >= 0.6 is 0 Å². The fraction of sp³-hybridized carbons (Fsp3) is 0.545. The highest BCUT2D eigenvalue weighted by molar-refractivity contribution is 5.76. The van der Waals surface area contributed by atoms with Crippen LogP contribution in [0.15, 0.2) is 22.7 Å². The van der Waals surface area contributed by atoms with E-state index in [1.54, 1.807) is 0 Å². The van der Waals surface area contributed by atoms with E-state index in [0.717, 1.165) is 22.4 Å². The lowest BCUT2D eigenvalue weighted by Gasteiger charge is -2.28. The summed E-state index contributed by atoms with van der Waals surface area (Å²) in [5.41, 5.74) is 3.35. The lowest BCUT2D eigenvalue weighted by atomic mass is 9.78. The van der Waals surface area contributed by atoms with Gasteiger partial charge in [0.2, 0.25) is 5.91 Å². The van der Waals surface area contributed by atoms with Crippen LogP contribution in [-0.4, -0.2) is 16.2 Å². The molecule has 1 aromatic heterocycles. The van der Waals surface area contributed by atoms with Gasteiger partial charge in [0.1, 0.15) is 5.75 Å². The summed E-state index contributed by atoms with van der Waals surface area (Å²) in [4.78, 5) is 12.2. The third-order valence-corrected chi connectivity index (χ3v) is 4.56. The van der Waals surface area contributed by atoms with Crippen molar-refractivity contribution in [1.82, 2.24) is 10.5 Å². The van der Waals surface area contributed by atoms with Crippen molar-refractivity contribution in [3.05, 3.63) is 46.3 Å². The van der Waals surface area contributed by atoms with Crippen LogP contribution in [0.3, 0.4) is 0 Å². The molecule has 0 spiro atoms. The number of aromatic nitrogens is 1. The molecule has 148 valence electrons. The van der Waals surface area contributed by atoms with E-state index in [9.17, 15) is 9.90 Å².